The standard InChI is InChI=1S/C23H23Cl2NO2/c1-2-27-23-12-18(15-26-14-17-6-4-3-5-7-17)8-11-22(23)28-16-19-9-10-20(24)13-21(19)25/h3-13,26H,2,14-16H2,1H3. The lowest BCUT2D eigenvalue weighted by Crippen LogP contribution is -2.12. The minimum atomic E-state index is 0.349. The zero-order chi connectivity index (χ0) is 19.8. The summed E-state index contributed by atoms with van der Waals surface area (Å²) in [6.45, 7) is 4.44. The van der Waals surface area contributed by atoms with Gasteiger partial charge in [-0.3, -0.25) is 0 Å². The summed E-state index contributed by atoms with van der Waals surface area (Å²) in [5, 5.41) is 4.65. The SMILES string of the molecule is CCOc1cc(CNCc2ccccc2)ccc1OCc1ccc(Cl)cc1Cl. The second-order valence-corrected chi connectivity index (χ2v) is 7.17. The fourth-order valence-corrected chi connectivity index (χ4v) is 3.25. The minimum absolute atomic E-state index is 0.349. The Labute approximate surface area is 176 Å². The molecule has 5 heteroatoms. The summed E-state index contributed by atoms with van der Waals surface area (Å²) in [5.74, 6) is 1.42. The molecule has 0 heterocycles. The molecule has 1 N–H and O–H groups in total. The predicted octanol–water partition coefficient (Wildman–Crippen LogP) is 6.26. The zero-order valence-corrected chi connectivity index (χ0v) is 17.3. The van der Waals surface area contributed by atoms with Gasteiger partial charge in [0, 0.05) is 28.7 Å². The number of halogens is 2. The lowest BCUT2D eigenvalue weighted by atomic mass is 10.2. The van der Waals surface area contributed by atoms with E-state index in [1.54, 1.807) is 12.1 Å². The van der Waals surface area contributed by atoms with Crippen LogP contribution in [0.1, 0.15) is 23.6 Å². The van der Waals surface area contributed by atoms with Crippen molar-refractivity contribution in [1.82, 2.24) is 5.32 Å². The molecule has 0 atom stereocenters. The van der Waals surface area contributed by atoms with Crippen LogP contribution < -0.4 is 14.8 Å². The molecule has 0 radical (unpaired) electrons. The van der Waals surface area contributed by atoms with E-state index in [4.69, 9.17) is 32.7 Å². The normalized spacial score (nSPS) is 10.7. The molecule has 3 aromatic rings. The minimum Gasteiger partial charge on any atom is -0.490 e. The molecule has 0 spiro atoms. The second-order valence-electron chi connectivity index (χ2n) is 6.33. The Bertz CT molecular complexity index is 900. The molecule has 3 rings (SSSR count). The monoisotopic (exact) mass is 415 g/mol. The van der Waals surface area contributed by atoms with E-state index >= 15 is 0 Å². The Kier molecular flexibility index (Phi) is 7.61. The van der Waals surface area contributed by atoms with E-state index in [1.165, 1.54) is 5.56 Å². The fourth-order valence-electron chi connectivity index (χ4n) is 2.79. The highest BCUT2D eigenvalue weighted by atomic mass is 35.5. The summed E-state index contributed by atoms with van der Waals surface area (Å²) >= 11 is 12.2. The van der Waals surface area contributed by atoms with Crippen LogP contribution in [0.25, 0.3) is 0 Å². The molecule has 0 saturated heterocycles. The van der Waals surface area contributed by atoms with Gasteiger partial charge in [-0.15, -0.1) is 0 Å². The molecule has 3 aromatic carbocycles. The topological polar surface area (TPSA) is 30.5 Å². The summed E-state index contributed by atoms with van der Waals surface area (Å²) < 4.78 is 11.7. The molecule has 0 aliphatic heterocycles. The molecule has 0 aromatic heterocycles. The fraction of sp³-hybridized carbons (Fsp3) is 0.217. The van der Waals surface area contributed by atoms with Crippen LogP contribution >= 0.6 is 23.2 Å². The summed E-state index contributed by atoms with van der Waals surface area (Å²) in [4.78, 5) is 0. The highest BCUT2D eigenvalue weighted by Crippen LogP contribution is 2.30. The van der Waals surface area contributed by atoms with Crippen molar-refractivity contribution in [2.24, 2.45) is 0 Å². The van der Waals surface area contributed by atoms with Crippen LogP contribution in [0.3, 0.4) is 0 Å². The highest BCUT2D eigenvalue weighted by molar-refractivity contribution is 6.35. The van der Waals surface area contributed by atoms with Gasteiger partial charge in [-0.2, -0.15) is 0 Å². The molecule has 0 amide bonds. The smallest absolute Gasteiger partial charge is 0.161 e. The van der Waals surface area contributed by atoms with Gasteiger partial charge in [0.2, 0.25) is 0 Å². The first-order valence-electron chi connectivity index (χ1n) is 9.23. The van der Waals surface area contributed by atoms with Crippen LogP contribution in [-0.2, 0) is 19.7 Å². The van der Waals surface area contributed by atoms with Gasteiger partial charge in [0.15, 0.2) is 11.5 Å². The molecule has 0 bridgehead atoms. The number of benzene rings is 3. The molecular formula is C23H23Cl2NO2. The Morgan fingerprint density at radius 2 is 1.57 bits per heavy atom. The van der Waals surface area contributed by atoms with Crippen molar-refractivity contribution in [2.75, 3.05) is 6.61 Å². The van der Waals surface area contributed by atoms with Crippen LogP contribution in [0, 0.1) is 0 Å². The summed E-state index contributed by atoms with van der Waals surface area (Å²) in [5.41, 5.74) is 3.27. The highest BCUT2D eigenvalue weighted by Gasteiger charge is 2.09. The van der Waals surface area contributed by atoms with E-state index in [2.05, 4.69) is 17.4 Å². The van der Waals surface area contributed by atoms with Gasteiger partial charge in [-0.25, -0.2) is 0 Å². The van der Waals surface area contributed by atoms with Crippen molar-refractivity contribution >= 4 is 23.2 Å². The Balaban J connectivity index is 1.63. The number of hydrogen-bond acceptors (Lipinski definition) is 3. The number of ether oxygens (including phenoxy) is 2. The van der Waals surface area contributed by atoms with Crippen LogP contribution in [-0.4, -0.2) is 6.61 Å². The molecule has 0 saturated carbocycles. The molecule has 28 heavy (non-hydrogen) atoms. The zero-order valence-electron chi connectivity index (χ0n) is 15.8. The van der Waals surface area contributed by atoms with Gasteiger partial charge in [0.1, 0.15) is 6.61 Å². The molecule has 3 nitrogen and oxygen atoms in total. The summed E-state index contributed by atoms with van der Waals surface area (Å²) in [7, 11) is 0. The second kappa shape index (κ2) is 10.4. The molecule has 0 aliphatic carbocycles. The predicted molar refractivity (Wildman–Crippen MR) is 115 cm³/mol. The molecule has 0 unspecified atom stereocenters. The van der Waals surface area contributed by atoms with Gasteiger partial charge >= 0.3 is 0 Å². The largest absolute Gasteiger partial charge is 0.490 e. The third-order valence-corrected chi connectivity index (χ3v) is 4.79. The van der Waals surface area contributed by atoms with E-state index in [0.717, 1.165) is 30.0 Å². The third kappa shape index (κ3) is 5.90. The first kappa shape index (κ1) is 20.5. The van der Waals surface area contributed by atoms with Crippen molar-refractivity contribution in [3.8, 4) is 11.5 Å². The van der Waals surface area contributed by atoms with Crippen LogP contribution in [0.2, 0.25) is 10.0 Å². The van der Waals surface area contributed by atoms with Gasteiger partial charge in [-0.1, -0.05) is 65.7 Å². The maximum absolute atomic E-state index is 6.23. The van der Waals surface area contributed by atoms with Crippen LogP contribution in [0.5, 0.6) is 11.5 Å². The number of rotatable bonds is 9. The number of hydrogen-bond donors (Lipinski definition) is 1. The van der Waals surface area contributed by atoms with E-state index in [0.29, 0.717) is 29.0 Å². The van der Waals surface area contributed by atoms with Crippen molar-refractivity contribution in [3.05, 3.63) is 93.5 Å². The summed E-state index contributed by atoms with van der Waals surface area (Å²) in [6.07, 6.45) is 0. The van der Waals surface area contributed by atoms with Crippen molar-refractivity contribution in [1.29, 1.82) is 0 Å². The van der Waals surface area contributed by atoms with Gasteiger partial charge in [0.25, 0.3) is 0 Å². The first-order chi connectivity index (χ1) is 13.7. The van der Waals surface area contributed by atoms with E-state index in [9.17, 15) is 0 Å². The van der Waals surface area contributed by atoms with Gasteiger partial charge < -0.3 is 14.8 Å². The Morgan fingerprint density at radius 3 is 2.32 bits per heavy atom. The average Bonchev–Trinajstić information content (AvgIpc) is 2.69. The van der Waals surface area contributed by atoms with Crippen molar-refractivity contribution < 1.29 is 9.47 Å². The molecule has 0 aliphatic rings. The summed E-state index contributed by atoms with van der Waals surface area (Å²) in [6, 6.07) is 21.7. The molecule has 146 valence electrons. The van der Waals surface area contributed by atoms with Crippen molar-refractivity contribution in [2.45, 2.75) is 26.6 Å². The van der Waals surface area contributed by atoms with Crippen LogP contribution in [0.15, 0.2) is 66.7 Å². The van der Waals surface area contributed by atoms with Crippen molar-refractivity contribution in [3.63, 3.8) is 0 Å². The van der Waals surface area contributed by atoms with Gasteiger partial charge in [-0.05, 0) is 42.3 Å². The van der Waals surface area contributed by atoms with Gasteiger partial charge in [0.05, 0.1) is 6.61 Å². The quantitative estimate of drug-likeness (QED) is 0.447. The number of nitrogens with one attached hydrogen (secondary N) is 1. The third-order valence-electron chi connectivity index (χ3n) is 4.21. The molecular weight excluding hydrogens is 393 g/mol. The average molecular weight is 416 g/mol. The lowest BCUT2D eigenvalue weighted by molar-refractivity contribution is 0.269. The van der Waals surface area contributed by atoms with E-state index in [-0.39, 0.29) is 0 Å². The lowest BCUT2D eigenvalue weighted by Gasteiger charge is -2.14. The molecule has 0 fully saturated rings. The Morgan fingerprint density at radius 1 is 0.786 bits per heavy atom. The maximum Gasteiger partial charge on any atom is 0.161 e. The van der Waals surface area contributed by atoms with Crippen LogP contribution in [0.4, 0.5) is 0 Å². The van der Waals surface area contributed by atoms with E-state index < -0.39 is 0 Å². The van der Waals surface area contributed by atoms with E-state index in [1.807, 2.05) is 49.4 Å². The Hall–Kier alpha value is -2.20. The maximum atomic E-state index is 6.23. The first-order valence-corrected chi connectivity index (χ1v) is 9.98.